The second kappa shape index (κ2) is 17.5. The van der Waals surface area contributed by atoms with Crippen LogP contribution in [0.1, 0.15) is 88.0 Å². The van der Waals surface area contributed by atoms with Gasteiger partial charge < -0.3 is 19.4 Å². The molecule has 51 heavy (non-hydrogen) atoms. The molecule has 0 amide bonds. The fraction of sp³-hybridized carbons (Fsp3) is 0.273. The van der Waals surface area contributed by atoms with Crippen LogP contribution in [0, 0.1) is 0 Å². The van der Waals surface area contributed by atoms with Crippen molar-refractivity contribution in [3.8, 4) is 33.8 Å². The van der Waals surface area contributed by atoms with Crippen LogP contribution in [0.5, 0.6) is 11.5 Å². The first-order valence-electron chi connectivity index (χ1n) is 18.2. The number of ether oxygens (including phenoxy) is 2. The van der Waals surface area contributed by atoms with E-state index < -0.39 is 0 Å². The van der Waals surface area contributed by atoms with Gasteiger partial charge in [-0.15, -0.1) is 11.0 Å². The maximum Gasteiger partial charge on any atom is 2.00 e. The molecule has 8 bridgehead atoms. The molecule has 254 valence electrons. The number of nitrogens with zero attached hydrogens (tertiary/aromatic N) is 4. The van der Waals surface area contributed by atoms with E-state index in [0.717, 1.165) is 92.8 Å². The summed E-state index contributed by atoms with van der Waals surface area (Å²) in [7, 11) is 0. The van der Waals surface area contributed by atoms with Crippen molar-refractivity contribution in [2.75, 3.05) is 13.2 Å². The van der Waals surface area contributed by atoms with E-state index in [1.807, 2.05) is 36.4 Å². The van der Waals surface area contributed by atoms with Crippen LogP contribution in [0.4, 0.5) is 0 Å². The summed E-state index contributed by atoms with van der Waals surface area (Å²) in [5.41, 5.74) is 10.3. The number of benzene rings is 2. The summed E-state index contributed by atoms with van der Waals surface area (Å²) in [6.07, 6.45) is 17.1. The van der Waals surface area contributed by atoms with E-state index in [9.17, 15) is 0 Å². The molecule has 6 nitrogen and oxygen atoms in total. The van der Waals surface area contributed by atoms with Crippen LogP contribution in [-0.2, 0) is 19.5 Å². The Labute approximate surface area is 313 Å². The van der Waals surface area contributed by atoms with Crippen molar-refractivity contribution in [2.45, 2.75) is 65.2 Å². The van der Waals surface area contributed by atoms with Crippen molar-refractivity contribution in [3.05, 3.63) is 108 Å². The molecule has 0 unspecified atom stereocenters. The Balaban J connectivity index is 0.00000448. The first kappa shape index (κ1) is 36.1. The molecular weight excluding hydrogens is 682 g/mol. The van der Waals surface area contributed by atoms with Gasteiger partial charge in [-0.2, -0.15) is 0 Å². The van der Waals surface area contributed by atoms with Crippen LogP contribution < -0.4 is 19.4 Å². The van der Waals surface area contributed by atoms with Crippen molar-refractivity contribution in [1.82, 2.24) is 19.9 Å². The molecule has 7 rings (SSSR count). The minimum absolute atomic E-state index is 0. The Kier molecular flexibility index (Phi) is 12.3. The van der Waals surface area contributed by atoms with E-state index >= 15 is 0 Å². The Morgan fingerprint density at radius 2 is 0.843 bits per heavy atom. The Morgan fingerprint density at radius 1 is 0.451 bits per heavy atom. The Morgan fingerprint density at radius 3 is 1.25 bits per heavy atom. The molecule has 7 heteroatoms. The molecule has 2 aliphatic rings. The van der Waals surface area contributed by atoms with Crippen molar-refractivity contribution in [1.29, 1.82) is 0 Å². The van der Waals surface area contributed by atoms with Gasteiger partial charge in [-0.25, -0.2) is 9.97 Å². The van der Waals surface area contributed by atoms with Crippen LogP contribution in [0.2, 0.25) is 0 Å². The zero-order chi connectivity index (χ0) is 34.1. The fourth-order valence-electron chi connectivity index (χ4n) is 6.54. The number of aromatic nitrogens is 4. The topological polar surface area (TPSA) is 72.4 Å². The standard InChI is InChI=1S/C44H44N4O2.Zn/c1-3-5-7-15-29-49-43-37-25-21-33(45-37)41(31-17-11-9-12-18-31)35-23-27-39(47-35)44(50-30-16-8-6-4-2)40-28-24-36(48-40)42(32-19-13-10-14-20-32)34-22-26-38(43)46-34;/h9-14,17-28H,3-8,15-16,29-30H2,1-2H3;/q-2;+2. The molecule has 2 aliphatic heterocycles. The number of rotatable bonds is 14. The molecule has 0 radical (unpaired) electrons. The molecule has 5 aromatic rings. The third kappa shape index (κ3) is 8.26. The van der Waals surface area contributed by atoms with Crippen molar-refractivity contribution >= 4 is 46.4 Å². The van der Waals surface area contributed by atoms with Crippen LogP contribution in [0.15, 0.2) is 84.9 Å². The molecule has 0 saturated carbocycles. The largest absolute Gasteiger partial charge is 2.00 e. The third-order valence-corrected chi connectivity index (χ3v) is 9.13. The molecule has 0 atom stereocenters. The zero-order valence-electron chi connectivity index (χ0n) is 29.8. The minimum atomic E-state index is 0. The van der Waals surface area contributed by atoms with Gasteiger partial charge in [0.15, 0.2) is 0 Å². The van der Waals surface area contributed by atoms with Gasteiger partial charge in [-0.1, -0.05) is 148 Å². The summed E-state index contributed by atoms with van der Waals surface area (Å²) < 4.78 is 13.1. The SMILES string of the molecule is CCCCCCOc1c2nc(c(-c3ccccc3)c3ccc([n-]3)c(OCCCCCC)c3nc(c(-c4ccccc4)c4ccc1[n-]4)C=C3)C=C2.[Zn+2]. The predicted octanol–water partition coefficient (Wildman–Crippen LogP) is 11.2. The van der Waals surface area contributed by atoms with Gasteiger partial charge in [-0.05, 0) is 59.4 Å². The smallest absolute Gasteiger partial charge is 0.654 e. The number of hydrogen-bond acceptors (Lipinski definition) is 4. The third-order valence-electron chi connectivity index (χ3n) is 9.13. The molecule has 3 aromatic heterocycles. The first-order valence-corrected chi connectivity index (χ1v) is 18.2. The van der Waals surface area contributed by atoms with Gasteiger partial charge in [0.2, 0.25) is 0 Å². The van der Waals surface area contributed by atoms with Gasteiger partial charge in [0.25, 0.3) is 0 Å². The van der Waals surface area contributed by atoms with E-state index in [0.29, 0.717) is 24.7 Å². The summed E-state index contributed by atoms with van der Waals surface area (Å²) >= 11 is 0. The Hall–Kier alpha value is -4.74. The first-order chi connectivity index (χ1) is 24.7. The quantitative estimate of drug-likeness (QED) is 0.0821. The molecule has 0 spiro atoms. The van der Waals surface area contributed by atoms with Crippen molar-refractivity contribution in [2.24, 2.45) is 0 Å². The molecule has 0 fully saturated rings. The van der Waals surface area contributed by atoms with Crippen molar-refractivity contribution < 1.29 is 29.0 Å². The number of unbranched alkanes of at least 4 members (excludes halogenated alkanes) is 6. The summed E-state index contributed by atoms with van der Waals surface area (Å²) in [5.74, 6) is 1.37. The van der Waals surface area contributed by atoms with Gasteiger partial charge in [-0.3, -0.25) is 0 Å². The number of fused-ring (bicyclic) bond motifs is 8. The molecule has 0 N–H and O–H groups in total. The average molecular weight is 726 g/mol. The van der Waals surface area contributed by atoms with Crippen LogP contribution in [-0.4, -0.2) is 23.2 Å². The van der Waals surface area contributed by atoms with Gasteiger partial charge in [0.05, 0.1) is 24.6 Å². The summed E-state index contributed by atoms with van der Waals surface area (Å²) in [6.45, 7) is 5.64. The van der Waals surface area contributed by atoms with E-state index in [1.165, 1.54) is 25.7 Å². The summed E-state index contributed by atoms with van der Waals surface area (Å²) in [5, 5.41) is 0. The van der Waals surface area contributed by atoms with Crippen molar-refractivity contribution in [3.63, 3.8) is 0 Å². The van der Waals surface area contributed by atoms with Crippen LogP contribution in [0.3, 0.4) is 0 Å². The molecular formula is C44H44N4O2Zn. The second-order valence-corrected chi connectivity index (χ2v) is 12.8. The van der Waals surface area contributed by atoms with E-state index in [2.05, 4.69) is 86.7 Å². The molecule has 5 heterocycles. The van der Waals surface area contributed by atoms with E-state index in [4.69, 9.17) is 29.4 Å². The minimum Gasteiger partial charge on any atom is -0.654 e. The zero-order valence-corrected chi connectivity index (χ0v) is 32.7. The molecule has 2 aromatic carbocycles. The summed E-state index contributed by atoms with van der Waals surface area (Å²) in [4.78, 5) is 20.8. The molecule has 0 aliphatic carbocycles. The molecule has 0 saturated heterocycles. The average Bonchev–Trinajstić information content (AvgIpc) is 3.99. The predicted molar refractivity (Wildman–Crippen MR) is 207 cm³/mol. The van der Waals surface area contributed by atoms with E-state index in [-0.39, 0.29) is 19.5 Å². The van der Waals surface area contributed by atoms with Gasteiger partial charge >= 0.3 is 19.5 Å². The van der Waals surface area contributed by atoms with Gasteiger partial charge in [0, 0.05) is 0 Å². The number of hydrogen-bond donors (Lipinski definition) is 0. The normalized spacial score (nSPS) is 11.8. The van der Waals surface area contributed by atoms with E-state index in [1.54, 1.807) is 0 Å². The fourth-order valence-corrected chi connectivity index (χ4v) is 6.54. The monoisotopic (exact) mass is 724 g/mol. The maximum absolute atomic E-state index is 6.57. The van der Waals surface area contributed by atoms with Gasteiger partial charge in [0.1, 0.15) is 22.9 Å². The summed E-state index contributed by atoms with van der Waals surface area (Å²) in [6, 6.07) is 28.9. The van der Waals surface area contributed by atoms with Crippen LogP contribution in [0.25, 0.3) is 68.6 Å². The van der Waals surface area contributed by atoms with Crippen LogP contribution >= 0.6 is 0 Å². The second-order valence-electron chi connectivity index (χ2n) is 12.8. The Bertz CT molecular complexity index is 1990. The maximum atomic E-state index is 6.57.